The van der Waals surface area contributed by atoms with Crippen molar-refractivity contribution >= 4 is 52.1 Å². The number of aliphatic hydroxyl groups is 1. The quantitative estimate of drug-likeness (QED) is 0.0981. The van der Waals surface area contributed by atoms with Crippen molar-refractivity contribution in [3.05, 3.63) is 129 Å². The molecule has 10 nitrogen and oxygen atoms in total. The van der Waals surface area contributed by atoms with Crippen molar-refractivity contribution in [1.82, 2.24) is 10.2 Å². The molecule has 0 aromatic heterocycles. The number of carbonyl (C=O) groups excluding carboxylic acids is 1. The Morgan fingerprint density at radius 3 is 2.18 bits per heavy atom. The number of hydrogen-bond donors (Lipinski definition) is 2. The molecule has 51 heavy (non-hydrogen) atoms. The number of non-ortho nitro benzene ring substituents is 1. The smallest absolute Gasteiger partial charge is 0.272 e. The van der Waals surface area contributed by atoms with E-state index in [4.69, 9.17) is 44.3 Å². The molecule has 0 radical (unpaired) electrons. The number of anilines is 1. The molecule has 2 N–H and O–H groups in total. The highest BCUT2D eigenvalue weighted by molar-refractivity contribution is 6.76. The molecule has 4 atom stereocenters. The summed E-state index contributed by atoms with van der Waals surface area (Å²) in [7, 11) is 0. The third kappa shape index (κ3) is 9.02. The van der Waals surface area contributed by atoms with Gasteiger partial charge in [-0.3, -0.25) is 19.8 Å². The summed E-state index contributed by atoms with van der Waals surface area (Å²) in [5.41, 5.74) is 6.52. The summed E-state index contributed by atoms with van der Waals surface area (Å²) in [5, 5.41) is 23.4. The number of amides is 1. The van der Waals surface area contributed by atoms with Crippen LogP contribution < -0.4 is 10.2 Å². The first-order valence-electron chi connectivity index (χ1n) is 16.8. The number of nitrogens with zero attached hydrogens (tertiary/aromatic N) is 3. The monoisotopic (exact) mass is 752 g/mol. The minimum Gasteiger partial charge on any atom is -0.392 e. The number of hydrogen-bond acceptors (Lipinski definition) is 8. The highest BCUT2D eigenvalue weighted by Crippen LogP contribution is 2.42. The second-order valence-corrected chi connectivity index (χ2v) is 15.1. The van der Waals surface area contributed by atoms with Crippen molar-refractivity contribution in [3.8, 4) is 11.1 Å². The summed E-state index contributed by atoms with van der Waals surface area (Å²) in [6.07, 6.45) is -1.01. The van der Waals surface area contributed by atoms with Gasteiger partial charge >= 0.3 is 0 Å². The van der Waals surface area contributed by atoms with Crippen molar-refractivity contribution in [3.63, 3.8) is 0 Å². The number of nitrogens with one attached hydrogen (secondary N) is 1. The highest BCUT2D eigenvalue weighted by atomic mass is 35.6. The number of nitro benzene ring substituents is 1. The summed E-state index contributed by atoms with van der Waals surface area (Å²) in [6.45, 7) is 6.26. The van der Waals surface area contributed by atoms with Gasteiger partial charge in [-0.25, -0.2) is 0 Å². The van der Waals surface area contributed by atoms with Crippen molar-refractivity contribution in [1.29, 1.82) is 0 Å². The van der Waals surface area contributed by atoms with Crippen molar-refractivity contribution in [2.45, 2.75) is 42.4 Å². The molecule has 0 aliphatic carbocycles. The highest BCUT2D eigenvalue weighted by Gasteiger charge is 2.39. The van der Waals surface area contributed by atoms with Crippen LogP contribution in [0.2, 0.25) is 0 Å². The number of piperazine rings is 1. The molecule has 0 unspecified atom stereocenters. The summed E-state index contributed by atoms with van der Waals surface area (Å²) in [5.74, 6) is -0.664. The molecule has 2 saturated heterocycles. The second-order valence-electron chi connectivity index (χ2n) is 12.8. The molecule has 4 aromatic rings. The molecule has 0 spiro atoms. The zero-order valence-corrected chi connectivity index (χ0v) is 30.2. The number of alkyl halides is 3. The Morgan fingerprint density at radius 2 is 1.55 bits per heavy atom. The van der Waals surface area contributed by atoms with E-state index in [0.717, 1.165) is 65.2 Å². The number of rotatable bonds is 10. The third-order valence-corrected chi connectivity index (χ3v) is 10.1. The van der Waals surface area contributed by atoms with Crippen LogP contribution >= 0.6 is 34.8 Å². The van der Waals surface area contributed by atoms with E-state index in [2.05, 4.69) is 22.0 Å². The predicted octanol–water partition coefficient (Wildman–Crippen LogP) is 7.35. The average molecular weight is 754 g/mol. The lowest BCUT2D eigenvalue weighted by atomic mass is 9.89. The summed E-state index contributed by atoms with van der Waals surface area (Å²) in [4.78, 5) is 27.5. The van der Waals surface area contributed by atoms with Crippen molar-refractivity contribution in [2.75, 3.05) is 37.6 Å². The van der Waals surface area contributed by atoms with Gasteiger partial charge in [-0.15, -0.1) is 0 Å². The largest absolute Gasteiger partial charge is 0.392 e. The SMILES string of the molecule is C[C@H]1[C@@H](CN2CCN(c3ccc([N+](=O)[O-])cc3)CC2)O[C@@H](c2ccc(-c3ccccc3CNC(=O)C(Cl)(Cl)Cl)cc2)O[C@H]1c1ccc(CO)cc1. The van der Waals surface area contributed by atoms with Gasteiger partial charge in [0, 0.05) is 68.6 Å². The number of halogens is 3. The fourth-order valence-corrected chi connectivity index (χ4v) is 6.81. The minimum absolute atomic E-state index is 0.0305. The van der Waals surface area contributed by atoms with Crippen molar-refractivity contribution < 1.29 is 24.3 Å². The molecule has 13 heteroatoms. The van der Waals surface area contributed by atoms with Crippen LogP contribution in [0.25, 0.3) is 11.1 Å². The van der Waals surface area contributed by atoms with Gasteiger partial charge in [-0.1, -0.05) is 115 Å². The van der Waals surface area contributed by atoms with E-state index in [9.17, 15) is 20.0 Å². The lowest BCUT2D eigenvalue weighted by molar-refractivity contribution is -0.384. The molecule has 2 aliphatic rings. The Hall–Kier alpha value is -3.74. The Labute approximate surface area is 312 Å². The minimum atomic E-state index is -2.05. The fraction of sp³-hybridized carbons (Fsp3) is 0.342. The number of nitro groups is 1. The average Bonchev–Trinajstić information content (AvgIpc) is 3.15. The van der Waals surface area contributed by atoms with Gasteiger partial charge in [0.25, 0.3) is 15.4 Å². The summed E-state index contributed by atoms with van der Waals surface area (Å²) >= 11 is 17.2. The van der Waals surface area contributed by atoms with Gasteiger partial charge in [0.2, 0.25) is 0 Å². The first-order chi connectivity index (χ1) is 24.5. The van der Waals surface area contributed by atoms with Gasteiger partial charge in [-0.2, -0.15) is 0 Å². The molecule has 1 amide bonds. The van der Waals surface area contributed by atoms with Gasteiger partial charge < -0.3 is 24.8 Å². The molecule has 268 valence electrons. The van der Waals surface area contributed by atoms with Gasteiger partial charge in [-0.05, 0) is 39.9 Å². The number of ether oxygens (including phenoxy) is 2. The van der Waals surface area contributed by atoms with Gasteiger partial charge in [0.05, 0.1) is 23.7 Å². The van der Waals surface area contributed by atoms with Crippen LogP contribution in [-0.2, 0) is 27.4 Å². The van der Waals surface area contributed by atoms with Crippen LogP contribution in [0.5, 0.6) is 0 Å². The van der Waals surface area contributed by atoms with Crippen LogP contribution in [0.4, 0.5) is 11.4 Å². The Balaban J connectivity index is 1.18. The molecular weight excluding hydrogens is 715 g/mol. The molecule has 2 aliphatic heterocycles. The fourth-order valence-electron chi connectivity index (χ4n) is 6.61. The van der Waals surface area contributed by atoms with Crippen LogP contribution in [0.1, 0.15) is 41.6 Å². The van der Waals surface area contributed by atoms with Crippen LogP contribution in [0.3, 0.4) is 0 Å². The molecule has 2 fully saturated rings. The maximum atomic E-state index is 12.2. The normalized spacial score (nSPS) is 21.3. The van der Waals surface area contributed by atoms with Crippen LogP contribution in [-0.4, -0.2) is 63.5 Å². The zero-order chi connectivity index (χ0) is 36.1. The predicted molar refractivity (Wildman–Crippen MR) is 199 cm³/mol. The van der Waals surface area contributed by atoms with E-state index in [-0.39, 0.29) is 41.9 Å². The Bertz CT molecular complexity index is 1800. The lowest BCUT2D eigenvalue weighted by Gasteiger charge is -2.44. The summed E-state index contributed by atoms with van der Waals surface area (Å²) in [6, 6.07) is 30.3. The van der Waals surface area contributed by atoms with E-state index in [1.54, 1.807) is 12.1 Å². The topological polar surface area (TPSA) is 117 Å². The zero-order valence-electron chi connectivity index (χ0n) is 28.0. The standard InChI is InChI=1S/C38H39Cl3N4O6/c1-25-34(23-43-18-20-44(21-19-43)31-14-16-32(17-15-31)45(48)49)50-36(51-35(25)28-8-6-26(24-46)7-9-28)29-12-10-27(11-13-29)33-5-3-2-4-30(33)22-42-37(47)38(39,40)41/h2-17,25,34-36,46H,18-24H2,1H3,(H,42,47)/t25-,34+,35+,36+/m0/s1. The van der Waals surface area contributed by atoms with E-state index in [1.807, 2.05) is 84.9 Å². The van der Waals surface area contributed by atoms with E-state index >= 15 is 0 Å². The number of carbonyl (C=O) groups is 1. The van der Waals surface area contributed by atoms with Crippen LogP contribution in [0, 0.1) is 16.0 Å². The molecule has 0 saturated carbocycles. The van der Waals surface area contributed by atoms with Crippen LogP contribution in [0.15, 0.2) is 97.1 Å². The van der Waals surface area contributed by atoms with Crippen molar-refractivity contribution in [2.24, 2.45) is 5.92 Å². The summed E-state index contributed by atoms with van der Waals surface area (Å²) < 4.78 is 11.4. The molecule has 4 aromatic carbocycles. The van der Waals surface area contributed by atoms with Gasteiger partial charge in [0.15, 0.2) is 6.29 Å². The molecule has 6 rings (SSSR count). The van der Waals surface area contributed by atoms with E-state index in [1.165, 1.54) is 0 Å². The maximum Gasteiger partial charge on any atom is 0.272 e. The Morgan fingerprint density at radius 1 is 0.902 bits per heavy atom. The van der Waals surface area contributed by atoms with E-state index < -0.39 is 16.0 Å². The maximum absolute atomic E-state index is 12.2. The second kappa shape index (κ2) is 16.3. The first-order valence-corrected chi connectivity index (χ1v) is 17.9. The van der Waals surface area contributed by atoms with E-state index in [0.29, 0.717) is 6.54 Å². The lowest BCUT2D eigenvalue weighted by Crippen LogP contribution is -2.51. The number of aliphatic hydroxyl groups excluding tert-OH is 1. The molecule has 2 heterocycles. The third-order valence-electron chi connectivity index (χ3n) is 9.57. The number of benzene rings is 4. The molecular formula is C38H39Cl3N4O6. The first kappa shape index (κ1) is 37.0. The Kier molecular flexibility index (Phi) is 11.8. The van der Waals surface area contributed by atoms with Gasteiger partial charge in [0.1, 0.15) is 0 Å². The molecule has 0 bridgehead atoms.